The molecule has 2 N–H and O–H groups in total. The van der Waals surface area contributed by atoms with Crippen molar-refractivity contribution in [2.75, 3.05) is 10.6 Å². The molecule has 0 saturated heterocycles. The number of aryl methyl sites for hydroxylation is 1. The lowest BCUT2D eigenvalue weighted by atomic mass is 10.1. The van der Waals surface area contributed by atoms with Gasteiger partial charge in [0.1, 0.15) is 10.7 Å². The summed E-state index contributed by atoms with van der Waals surface area (Å²) in [7, 11) is -9.71. The van der Waals surface area contributed by atoms with Crippen LogP contribution in [0.4, 0.5) is 36.9 Å². The molecule has 10 heteroatoms. The Hall–Kier alpha value is -2.10. The van der Waals surface area contributed by atoms with E-state index >= 15 is 0 Å². The number of hydrogen-bond acceptors (Lipinski definition) is 4. The van der Waals surface area contributed by atoms with E-state index in [9.17, 15) is 19.4 Å². The van der Waals surface area contributed by atoms with Gasteiger partial charge in [0, 0.05) is 17.9 Å². The maximum Gasteiger partial charge on any atom is 0.310 e. The van der Waals surface area contributed by atoms with Crippen LogP contribution in [-0.4, -0.2) is 16.0 Å². The molecule has 0 atom stereocenters. The van der Waals surface area contributed by atoms with Crippen molar-refractivity contribution in [3.05, 3.63) is 36.0 Å². The third-order valence-electron chi connectivity index (χ3n) is 3.30. The lowest BCUT2D eigenvalue weighted by molar-refractivity contribution is 0.364. The summed E-state index contributed by atoms with van der Waals surface area (Å²) in [6, 6.07) is 3.19. The summed E-state index contributed by atoms with van der Waals surface area (Å²) in [5.41, 5.74) is 5.91. The van der Waals surface area contributed by atoms with E-state index in [1.807, 2.05) is 0 Å². The Labute approximate surface area is 136 Å². The number of benzene rings is 1. The average molecular weight is 368 g/mol. The molecule has 1 aromatic carbocycles. The number of nitrogen functional groups attached to an aromatic ring is 1. The van der Waals surface area contributed by atoms with Gasteiger partial charge in [-0.25, -0.2) is 4.98 Å². The topological polar surface area (TPSA) is 55.0 Å². The van der Waals surface area contributed by atoms with Crippen LogP contribution in [0.15, 0.2) is 35.4 Å². The molecule has 0 aliphatic carbocycles. The van der Waals surface area contributed by atoms with Crippen LogP contribution in [-0.2, 0) is 0 Å². The molecule has 24 heavy (non-hydrogen) atoms. The van der Waals surface area contributed by atoms with Crippen molar-refractivity contribution in [1.29, 1.82) is 0 Å². The summed E-state index contributed by atoms with van der Waals surface area (Å²) in [4.78, 5) is 7.48. The molecule has 0 amide bonds. The largest absolute Gasteiger partial charge is 0.368 e. The first kappa shape index (κ1) is 18.2. The highest BCUT2D eigenvalue weighted by molar-refractivity contribution is 8.45. The fourth-order valence-electron chi connectivity index (χ4n) is 2.30. The van der Waals surface area contributed by atoms with Gasteiger partial charge in [-0.05, 0) is 50.6 Å². The number of hydrogen-bond donors (Lipinski definition) is 1. The molecule has 2 aromatic rings. The standard InChI is InChI=1S/C14H17F5N4S/c1-9(2)23(13-6-7-21-14(20)22-13)12-5-4-11(8-10(12)3)24(15,16,17,18)19/h4-9H,1-3H3,(H2,20,21,22). The van der Waals surface area contributed by atoms with Gasteiger partial charge < -0.3 is 10.6 Å². The van der Waals surface area contributed by atoms with E-state index in [2.05, 4.69) is 9.97 Å². The van der Waals surface area contributed by atoms with Crippen molar-refractivity contribution in [3.8, 4) is 0 Å². The molecular formula is C14H17F5N4S. The minimum Gasteiger partial charge on any atom is -0.368 e. The molecule has 0 unspecified atom stereocenters. The Balaban J connectivity index is 2.59. The van der Waals surface area contributed by atoms with Crippen LogP contribution in [0.2, 0.25) is 0 Å². The molecule has 1 aromatic heterocycles. The second kappa shape index (κ2) is 4.95. The average Bonchev–Trinajstić information content (AvgIpc) is 2.38. The fourth-order valence-corrected chi connectivity index (χ4v) is 3.03. The van der Waals surface area contributed by atoms with Gasteiger partial charge in [0.25, 0.3) is 0 Å². The molecule has 0 radical (unpaired) electrons. The van der Waals surface area contributed by atoms with Crippen LogP contribution in [0, 0.1) is 6.92 Å². The number of halogens is 5. The van der Waals surface area contributed by atoms with E-state index in [4.69, 9.17) is 5.73 Å². The summed E-state index contributed by atoms with van der Waals surface area (Å²) >= 11 is 0. The summed E-state index contributed by atoms with van der Waals surface area (Å²) < 4.78 is 64.7. The molecular weight excluding hydrogens is 351 g/mol. The molecule has 2 rings (SSSR count). The van der Waals surface area contributed by atoms with Crippen LogP contribution < -0.4 is 10.6 Å². The second-order valence-electron chi connectivity index (χ2n) is 5.65. The summed E-state index contributed by atoms with van der Waals surface area (Å²) in [6.45, 7) is 4.91. The summed E-state index contributed by atoms with van der Waals surface area (Å²) in [5, 5.41) is 0. The van der Waals surface area contributed by atoms with Crippen molar-refractivity contribution in [3.63, 3.8) is 0 Å². The van der Waals surface area contributed by atoms with E-state index in [1.54, 1.807) is 18.7 Å². The number of nitrogens with two attached hydrogens (primary N) is 1. The van der Waals surface area contributed by atoms with Crippen LogP contribution in [0.3, 0.4) is 0 Å². The SMILES string of the molecule is Cc1cc(S(F)(F)(F)(F)F)ccc1N(c1ccnc(N)n1)C(C)C. The zero-order valence-electron chi connectivity index (χ0n) is 13.2. The van der Waals surface area contributed by atoms with E-state index in [0.717, 1.165) is 6.07 Å². The Kier molecular flexibility index (Phi) is 3.76. The maximum absolute atomic E-state index is 12.9. The predicted octanol–water partition coefficient (Wildman–Crippen LogP) is 5.57. The first-order valence-electron chi connectivity index (χ1n) is 6.91. The van der Waals surface area contributed by atoms with Crippen molar-refractivity contribution in [1.82, 2.24) is 9.97 Å². The van der Waals surface area contributed by atoms with Crippen molar-refractivity contribution in [2.45, 2.75) is 31.7 Å². The number of aromatic nitrogens is 2. The zero-order chi connectivity index (χ0) is 18.4. The molecule has 0 bridgehead atoms. The molecule has 134 valence electrons. The Morgan fingerprint density at radius 3 is 2.17 bits per heavy atom. The number of nitrogens with zero attached hydrogens (tertiary/aromatic N) is 3. The molecule has 0 saturated carbocycles. The van der Waals surface area contributed by atoms with Crippen LogP contribution >= 0.6 is 10.2 Å². The van der Waals surface area contributed by atoms with Crippen molar-refractivity contribution < 1.29 is 19.4 Å². The fraction of sp³-hybridized carbons (Fsp3) is 0.286. The van der Waals surface area contributed by atoms with E-state index in [0.29, 0.717) is 23.6 Å². The lowest BCUT2D eigenvalue weighted by Crippen LogP contribution is -2.27. The first-order chi connectivity index (χ1) is 10.7. The summed E-state index contributed by atoms with van der Waals surface area (Å²) in [5.74, 6) is 0.361. The Bertz CT molecular complexity index is 777. The quantitative estimate of drug-likeness (QED) is 0.717. The van der Waals surface area contributed by atoms with Crippen LogP contribution in [0.5, 0.6) is 0 Å². The lowest BCUT2D eigenvalue weighted by Gasteiger charge is -2.41. The third-order valence-corrected chi connectivity index (χ3v) is 4.44. The van der Waals surface area contributed by atoms with Crippen LogP contribution in [0.1, 0.15) is 19.4 Å². The zero-order valence-corrected chi connectivity index (χ0v) is 14.0. The van der Waals surface area contributed by atoms with Gasteiger partial charge in [0.15, 0.2) is 0 Å². The molecule has 0 aliphatic rings. The van der Waals surface area contributed by atoms with Gasteiger partial charge in [0.2, 0.25) is 5.95 Å². The highest BCUT2D eigenvalue weighted by Gasteiger charge is 2.65. The van der Waals surface area contributed by atoms with Crippen molar-refractivity contribution in [2.24, 2.45) is 0 Å². The maximum atomic E-state index is 12.9. The van der Waals surface area contributed by atoms with Crippen LogP contribution in [0.25, 0.3) is 0 Å². The van der Waals surface area contributed by atoms with Gasteiger partial charge in [-0.2, -0.15) is 4.98 Å². The molecule has 0 fully saturated rings. The summed E-state index contributed by atoms with van der Waals surface area (Å²) in [6.07, 6.45) is 1.41. The van der Waals surface area contributed by atoms with E-state index < -0.39 is 15.1 Å². The smallest absolute Gasteiger partial charge is 0.310 e. The molecule has 1 heterocycles. The Morgan fingerprint density at radius 2 is 1.71 bits per heavy atom. The number of anilines is 3. The highest BCUT2D eigenvalue weighted by atomic mass is 32.5. The third kappa shape index (κ3) is 3.86. The highest BCUT2D eigenvalue weighted by Crippen LogP contribution is 3.02. The molecule has 0 spiro atoms. The van der Waals surface area contributed by atoms with Gasteiger partial charge >= 0.3 is 10.2 Å². The van der Waals surface area contributed by atoms with E-state index in [1.165, 1.54) is 19.2 Å². The van der Waals surface area contributed by atoms with E-state index in [-0.39, 0.29) is 17.6 Å². The minimum atomic E-state index is -9.71. The molecule has 4 nitrogen and oxygen atoms in total. The van der Waals surface area contributed by atoms with Gasteiger partial charge in [-0.1, -0.05) is 19.4 Å². The van der Waals surface area contributed by atoms with Gasteiger partial charge in [0.05, 0.1) is 0 Å². The normalized spacial score (nSPS) is 15.0. The molecule has 0 aliphatic heterocycles. The predicted molar refractivity (Wildman–Crippen MR) is 86.3 cm³/mol. The second-order valence-corrected chi connectivity index (χ2v) is 8.06. The monoisotopic (exact) mass is 368 g/mol. The Morgan fingerprint density at radius 1 is 1.08 bits per heavy atom. The first-order valence-corrected chi connectivity index (χ1v) is 8.86. The van der Waals surface area contributed by atoms with Gasteiger partial charge in [-0.3, -0.25) is 0 Å². The van der Waals surface area contributed by atoms with Crippen molar-refractivity contribution >= 4 is 27.7 Å². The number of rotatable bonds is 4. The minimum absolute atomic E-state index is 0.000525. The van der Waals surface area contributed by atoms with Gasteiger partial charge in [-0.15, -0.1) is 0 Å².